The summed E-state index contributed by atoms with van der Waals surface area (Å²) in [7, 11) is 4.43. The molecule has 138 valence electrons. The number of benzene rings is 2. The fourth-order valence-corrected chi connectivity index (χ4v) is 2.80. The van der Waals surface area contributed by atoms with E-state index < -0.39 is 5.97 Å². The standard InChI is InChI=1S/C19H19BrO6/c1-23-16-10-13(15(20)11-17(16)24-2)6-9-18(21)26-14-7-4-12(5-8-14)19(22)25-3/h4-5,7-8,10-11H,6,9H2,1-3H3. The highest BCUT2D eigenvalue weighted by molar-refractivity contribution is 9.10. The Balaban J connectivity index is 1.97. The van der Waals surface area contributed by atoms with E-state index in [-0.39, 0.29) is 12.4 Å². The fourth-order valence-electron chi connectivity index (χ4n) is 2.28. The molecule has 0 heterocycles. The Hall–Kier alpha value is -2.54. The smallest absolute Gasteiger partial charge is 0.337 e. The van der Waals surface area contributed by atoms with Crippen molar-refractivity contribution in [2.45, 2.75) is 12.8 Å². The van der Waals surface area contributed by atoms with Gasteiger partial charge in [0.25, 0.3) is 0 Å². The monoisotopic (exact) mass is 422 g/mol. The predicted octanol–water partition coefficient (Wildman–Crippen LogP) is 3.79. The Morgan fingerprint density at radius 2 is 1.58 bits per heavy atom. The minimum atomic E-state index is -0.443. The van der Waals surface area contributed by atoms with Gasteiger partial charge in [0.1, 0.15) is 5.75 Å². The summed E-state index contributed by atoms with van der Waals surface area (Å²) in [5, 5.41) is 0. The van der Waals surface area contributed by atoms with Gasteiger partial charge in [-0.15, -0.1) is 0 Å². The predicted molar refractivity (Wildman–Crippen MR) is 99.0 cm³/mol. The number of methoxy groups -OCH3 is 3. The summed E-state index contributed by atoms with van der Waals surface area (Å²) in [4.78, 5) is 23.4. The number of hydrogen-bond acceptors (Lipinski definition) is 6. The van der Waals surface area contributed by atoms with E-state index in [4.69, 9.17) is 14.2 Å². The van der Waals surface area contributed by atoms with Gasteiger partial charge in [0.05, 0.1) is 33.3 Å². The Morgan fingerprint density at radius 1 is 0.962 bits per heavy atom. The molecule has 6 nitrogen and oxygen atoms in total. The van der Waals surface area contributed by atoms with Crippen LogP contribution in [0.4, 0.5) is 0 Å². The number of carbonyl (C=O) groups is 2. The zero-order chi connectivity index (χ0) is 19.1. The lowest BCUT2D eigenvalue weighted by Gasteiger charge is -2.12. The molecular weight excluding hydrogens is 404 g/mol. The summed E-state index contributed by atoms with van der Waals surface area (Å²) < 4.78 is 21.2. The largest absolute Gasteiger partial charge is 0.493 e. The van der Waals surface area contributed by atoms with Crippen LogP contribution in [0.25, 0.3) is 0 Å². The van der Waals surface area contributed by atoms with Gasteiger partial charge in [-0.05, 0) is 48.4 Å². The number of carbonyl (C=O) groups excluding carboxylic acids is 2. The lowest BCUT2D eigenvalue weighted by Crippen LogP contribution is -2.09. The number of esters is 2. The fraction of sp³-hybridized carbons (Fsp3) is 0.263. The number of ether oxygens (including phenoxy) is 4. The van der Waals surface area contributed by atoms with Gasteiger partial charge in [-0.2, -0.15) is 0 Å². The van der Waals surface area contributed by atoms with Crippen LogP contribution < -0.4 is 14.2 Å². The molecule has 0 aromatic heterocycles. The molecule has 0 saturated heterocycles. The molecule has 0 saturated carbocycles. The third-order valence-corrected chi connectivity index (χ3v) is 4.40. The highest BCUT2D eigenvalue weighted by Gasteiger charge is 2.13. The van der Waals surface area contributed by atoms with Gasteiger partial charge in [-0.3, -0.25) is 4.79 Å². The van der Waals surface area contributed by atoms with Crippen LogP contribution in [0.1, 0.15) is 22.3 Å². The average molecular weight is 423 g/mol. The first-order valence-corrected chi connectivity index (χ1v) is 8.57. The summed E-state index contributed by atoms with van der Waals surface area (Å²) in [6, 6.07) is 9.80. The quantitative estimate of drug-likeness (QED) is 0.499. The van der Waals surface area contributed by atoms with Crippen LogP contribution in [0.5, 0.6) is 17.2 Å². The molecule has 2 aromatic carbocycles. The lowest BCUT2D eigenvalue weighted by atomic mass is 10.1. The molecule has 7 heteroatoms. The highest BCUT2D eigenvalue weighted by Crippen LogP contribution is 2.33. The second-order valence-electron chi connectivity index (χ2n) is 5.29. The number of rotatable bonds is 7. The molecule has 0 spiro atoms. The van der Waals surface area contributed by atoms with Crippen LogP contribution in [0, 0.1) is 0 Å². The molecule has 0 bridgehead atoms. The summed E-state index contributed by atoms with van der Waals surface area (Å²) in [6.07, 6.45) is 0.660. The molecule has 0 aliphatic heterocycles. The topological polar surface area (TPSA) is 71.1 Å². The maximum Gasteiger partial charge on any atom is 0.337 e. The van der Waals surface area contributed by atoms with Crippen molar-refractivity contribution < 1.29 is 28.5 Å². The maximum atomic E-state index is 12.1. The van der Waals surface area contributed by atoms with Crippen LogP contribution in [-0.4, -0.2) is 33.3 Å². The van der Waals surface area contributed by atoms with Crippen molar-refractivity contribution in [3.63, 3.8) is 0 Å². The number of aryl methyl sites for hydroxylation is 1. The van der Waals surface area contributed by atoms with Crippen molar-refractivity contribution in [2.75, 3.05) is 21.3 Å². The van der Waals surface area contributed by atoms with Gasteiger partial charge in [0.15, 0.2) is 11.5 Å². The summed E-state index contributed by atoms with van der Waals surface area (Å²) in [5.74, 6) is 0.751. The molecule has 0 aliphatic rings. The van der Waals surface area contributed by atoms with E-state index in [9.17, 15) is 9.59 Å². The number of hydrogen-bond donors (Lipinski definition) is 0. The second kappa shape index (κ2) is 9.24. The zero-order valence-corrected chi connectivity index (χ0v) is 16.3. The Bertz CT molecular complexity index is 785. The molecule has 0 amide bonds. The minimum absolute atomic E-state index is 0.187. The van der Waals surface area contributed by atoms with E-state index in [2.05, 4.69) is 20.7 Å². The Kier molecular flexibility index (Phi) is 7.03. The van der Waals surface area contributed by atoms with Crippen molar-refractivity contribution in [1.29, 1.82) is 0 Å². The third-order valence-electron chi connectivity index (χ3n) is 3.66. The van der Waals surface area contributed by atoms with Gasteiger partial charge in [0, 0.05) is 4.47 Å². The van der Waals surface area contributed by atoms with Gasteiger partial charge < -0.3 is 18.9 Å². The Labute approximate surface area is 160 Å². The molecule has 26 heavy (non-hydrogen) atoms. The Morgan fingerprint density at radius 3 is 2.15 bits per heavy atom. The molecule has 0 unspecified atom stereocenters. The first-order chi connectivity index (χ1) is 12.5. The highest BCUT2D eigenvalue weighted by atomic mass is 79.9. The molecule has 0 radical (unpaired) electrons. The van der Waals surface area contributed by atoms with E-state index in [0.29, 0.717) is 29.2 Å². The van der Waals surface area contributed by atoms with Crippen LogP contribution in [0.15, 0.2) is 40.9 Å². The van der Waals surface area contributed by atoms with Gasteiger partial charge in [-0.1, -0.05) is 15.9 Å². The average Bonchev–Trinajstić information content (AvgIpc) is 2.66. The molecule has 0 fully saturated rings. The molecule has 0 atom stereocenters. The first kappa shape index (κ1) is 19.8. The second-order valence-corrected chi connectivity index (χ2v) is 6.14. The van der Waals surface area contributed by atoms with E-state index in [1.54, 1.807) is 44.6 Å². The van der Waals surface area contributed by atoms with Crippen molar-refractivity contribution in [2.24, 2.45) is 0 Å². The van der Waals surface area contributed by atoms with Crippen LogP contribution in [0.2, 0.25) is 0 Å². The molecular formula is C19H19BrO6. The van der Waals surface area contributed by atoms with Gasteiger partial charge >= 0.3 is 11.9 Å². The van der Waals surface area contributed by atoms with Gasteiger partial charge in [0.2, 0.25) is 0 Å². The maximum absolute atomic E-state index is 12.1. The van der Waals surface area contributed by atoms with Crippen LogP contribution in [-0.2, 0) is 16.0 Å². The van der Waals surface area contributed by atoms with E-state index in [0.717, 1.165) is 10.0 Å². The van der Waals surface area contributed by atoms with Crippen LogP contribution >= 0.6 is 15.9 Å². The molecule has 0 aliphatic carbocycles. The summed E-state index contributed by atoms with van der Waals surface area (Å²) >= 11 is 3.47. The van der Waals surface area contributed by atoms with Crippen molar-refractivity contribution in [3.8, 4) is 17.2 Å². The third kappa shape index (κ3) is 4.98. The van der Waals surface area contributed by atoms with Crippen LogP contribution in [0.3, 0.4) is 0 Å². The van der Waals surface area contributed by atoms with Crippen molar-refractivity contribution >= 4 is 27.9 Å². The first-order valence-electron chi connectivity index (χ1n) is 7.78. The SMILES string of the molecule is COC(=O)c1ccc(OC(=O)CCc2cc(OC)c(OC)cc2Br)cc1. The normalized spacial score (nSPS) is 10.2. The van der Waals surface area contributed by atoms with Gasteiger partial charge in [-0.25, -0.2) is 4.79 Å². The zero-order valence-electron chi connectivity index (χ0n) is 14.7. The summed E-state index contributed by atoms with van der Waals surface area (Å²) in [5.41, 5.74) is 1.29. The van der Waals surface area contributed by atoms with Crippen molar-refractivity contribution in [1.82, 2.24) is 0 Å². The number of halogens is 1. The molecule has 0 N–H and O–H groups in total. The van der Waals surface area contributed by atoms with E-state index >= 15 is 0 Å². The molecule has 2 rings (SSSR count). The summed E-state index contributed by atoms with van der Waals surface area (Å²) in [6.45, 7) is 0. The minimum Gasteiger partial charge on any atom is -0.493 e. The molecule has 2 aromatic rings. The van der Waals surface area contributed by atoms with Crippen molar-refractivity contribution in [3.05, 3.63) is 52.0 Å². The lowest BCUT2D eigenvalue weighted by molar-refractivity contribution is -0.134. The van der Waals surface area contributed by atoms with E-state index in [1.807, 2.05) is 6.07 Å². The van der Waals surface area contributed by atoms with E-state index in [1.165, 1.54) is 7.11 Å².